The van der Waals surface area contributed by atoms with Crippen molar-refractivity contribution in [2.45, 2.75) is 38.4 Å². The average molecular weight is 237 g/mol. The summed E-state index contributed by atoms with van der Waals surface area (Å²) in [4.78, 5) is 0. The van der Waals surface area contributed by atoms with Crippen molar-refractivity contribution < 1.29 is 10.2 Å². The summed E-state index contributed by atoms with van der Waals surface area (Å²) in [6.07, 6.45) is 1.72. The zero-order valence-electron chi connectivity index (χ0n) is 10.5. The van der Waals surface area contributed by atoms with E-state index >= 15 is 0 Å². The lowest BCUT2D eigenvalue weighted by Crippen LogP contribution is -2.33. The molecule has 0 saturated carbocycles. The van der Waals surface area contributed by atoms with E-state index in [0.717, 1.165) is 19.3 Å². The predicted octanol–water partition coefficient (Wildman–Crippen LogP) is 1.34. The first-order valence-electron chi connectivity index (χ1n) is 6.33. The molecule has 1 rings (SSSR count). The summed E-state index contributed by atoms with van der Waals surface area (Å²) in [5.41, 5.74) is 1.25. The molecule has 0 heterocycles. The number of benzene rings is 1. The van der Waals surface area contributed by atoms with Crippen molar-refractivity contribution in [1.82, 2.24) is 5.32 Å². The van der Waals surface area contributed by atoms with Gasteiger partial charge in [-0.05, 0) is 24.8 Å². The van der Waals surface area contributed by atoms with Gasteiger partial charge < -0.3 is 15.5 Å². The smallest absolute Gasteiger partial charge is 0.0667 e. The monoisotopic (exact) mass is 237 g/mol. The van der Waals surface area contributed by atoms with Crippen LogP contribution >= 0.6 is 0 Å². The Morgan fingerprint density at radius 3 is 2.35 bits per heavy atom. The van der Waals surface area contributed by atoms with Gasteiger partial charge in [-0.15, -0.1) is 0 Å². The lowest BCUT2D eigenvalue weighted by atomic mass is 10.1. The zero-order valence-corrected chi connectivity index (χ0v) is 10.5. The SMILES string of the molecule is CCC(O)CNC[C@H](O)CCc1ccccc1. The second kappa shape index (κ2) is 8.23. The molecule has 3 nitrogen and oxygen atoms in total. The van der Waals surface area contributed by atoms with Crippen LogP contribution in [0.1, 0.15) is 25.3 Å². The molecule has 17 heavy (non-hydrogen) atoms. The van der Waals surface area contributed by atoms with Crippen LogP contribution < -0.4 is 5.32 Å². The van der Waals surface area contributed by atoms with E-state index in [-0.39, 0.29) is 12.2 Å². The first-order chi connectivity index (χ1) is 8.22. The van der Waals surface area contributed by atoms with Crippen LogP contribution in [0.5, 0.6) is 0 Å². The molecule has 3 heteroatoms. The highest BCUT2D eigenvalue weighted by molar-refractivity contribution is 5.14. The van der Waals surface area contributed by atoms with Crippen LogP contribution in [-0.2, 0) is 6.42 Å². The fourth-order valence-electron chi connectivity index (χ4n) is 1.64. The summed E-state index contributed by atoms with van der Waals surface area (Å²) < 4.78 is 0. The third kappa shape index (κ3) is 6.41. The van der Waals surface area contributed by atoms with Crippen molar-refractivity contribution in [2.24, 2.45) is 0 Å². The van der Waals surface area contributed by atoms with Crippen LogP contribution in [0.15, 0.2) is 30.3 Å². The summed E-state index contributed by atoms with van der Waals surface area (Å²) in [6, 6.07) is 10.2. The Morgan fingerprint density at radius 1 is 1.06 bits per heavy atom. The van der Waals surface area contributed by atoms with Gasteiger partial charge in [0.15, 0.2) is 0 Å². The zero-order chi connectivity index (χ0) is 12.5. The van der Waals surface area contributed by atoms with Gasteiger partial charge in [-0.25, -0.2) is 0 Å². The van der Waals surface area contributed by atoms with Crippen molar-refractivity contribution in [2.75, 3.05) is 13.1 Å². The fourth-order valence-corrected chi connectivity index (χ4v) is 1.64. The van der Waals surface area contributed by atoms with Crippen LogP contribution in [0.2, 0.25) is 0 Å². The molecule has 0 radical (unpaired) electrons. The second-order valence-corrected chi connectivity index (χ2v) is 4.40. The van der Waals surface area contributed by atoms with Crippen LogP contribution in [0.25, 0.3) is 0 Å². The van der Waals surface area contributed by atoms with Crippen LogP contribution in [0.3, 0.4) is 0 Å². The van der Waals surface area contributed by atoms with E-state index in [2.05, 4.69) is 17.4 Å². The molecule has 0 fully saturated rings. The number of aryl methyl sites for hydroxylation is 1. The molecule has 0 saturated heterocycles. The summed E-state index contributed by atoms with van der Waals surface area (Å²) in [5.74, 6) is 0. The average Bonchev–Trinajstić information content (AvgIpc) is 2.37. The maximum atomic E-state index is 9.75. The Balaban J connectivity index is 2.11. The first kappa shape index (κ1) is 14.2. The Labute approximate surface area is 103 Å². The highest BCUT2D eigenvalue weighted by Crippen LogP contribution is 2.04. The Bertz CT molecular complexity index is 290. The summed E-state index contributed by atoms with van der Waals surface area (Å²) in [6.45, 7) is 3.04. The predicted molar refractivity (Wildman–Crippen MR) is 69.9 cm³/mol. The molecule has 0 aliphatic rings. The molecule has 3 N–H and O–H groups in total. The molecular weight excluding hydrogens is 214 g/mol. The highest BCUT2D eigenvalue weighted by atomic mass is 16.3. The van der Waals surface area contributed by atoms with Crippen molar-refractivity contribution in [3.05, 3.63) is 35.9 Å². The van der Waals surface area contributed by atoms with Gasteiger partial charge >= 0.3 is 0 Å². The third-order valence-corrected chi connectivity index (χ3v) is 2.84. The molecule has 1 aromatic carbocycles. The normalized spacial score (nSPS) is 14.5. The Hall–Kier alpha value is -0.900. The summed E-state index contributed by atoms with van der Waals surface area (Å²) >= 11 is 0. The van der Waals surface area contributed by atoms with Gasteiger partial charge in [0.2, 0.25) is 0 Å². The van der Waals surface area contributed by atoms with Crippen molar-refractivity contribution in [1.29, 1.82) is 0 Å². The molecule has 0 aliphatic carbocycles. The Kier molecular flexibility index (Phi) is 6.86. The molecule has 0 aromatic heterocycles. The van der Waals surface area contributed by atoms with Crippen LogP contribution in [-0.4, -0.2) is 35.5 Å². The maximum absolute atomic E-state index is 9.75. The van der Waals surface area contributed by atoms with E-state index < -0.39 is 0 Å². The number of aliphatic hydroxyl groups is 2. The van der Waals surface area contributed by atoms with Gasteiger partial charge in [0.1, 0.15) is 0 Å². The second-order valence-electron chi connectivity index (χ2n) is 4.40. The number of rotatable bonds is 8. The molecule has 0 amide bonds. The van der Waals surface area contributed by atoms with Crippen molar-refractivity contribution in [3.8, 4) is 0 Å². The van der Waals surface area contributed by atoms with E-state index in [1.807, 2.05) is 25.1 Å². The molecular formula is C14H23NO2. The van der Waals surface area contributed by atoms with E-state index in [4.69, 9.17) is 0 Å². The van der Waals surface area contributed by atoms with Gasteiger partial charge in [0.05, 0.1) is 12.2 Å². The van der Waals surface area contributed by atoms with Gasteiger partial charge in [-0.3, -0.25) is 0 Å². The minimum atomic E-state index is -0.348. The molecule has 2 atom stereocenters. The molecule has 0 spiro atoms. The topological polar surface area (TPSA) is 52.5 Å². The van der Waals surface area contributed by atoms with Gasteiger partial charge in [0, 0.05) is 13.1 Å². The first-order valence-corrected chi connectivity index (χ1v) is 6.33. The minimum Gasteiger partial charge on any atom is -0.392 e. The van der Waals surface area contributed by atoms with E-state index in [1.54, 1.807) is 0 Å². The number of hydrogen-bond donors (Lipinski definition) is 3. The number of nitrogens with one attached hydrogen (secondary N) is 1. The van der Waals surface area contributed by atoms with Gasteiger partial charge in [0.25, 0.3) is 0 Å². The molecule has 96 valence electrons. The maximum Gasteiger partial charge on any atom is 0.0667 e. The molecule has 0 aliphatic heterocycles. The van der Waals surface area contributed by atoms with Crippen molar-refractivity contribution in [3.63, 3.8) is 0 Å². The van der Waals surface area contributed by atoms with Gasteiger partial charge in [-0.2, -0.15) is 0 Å². The number of aliphatic hydroxyl groups excluding tert-OH is 2. The van der Waals surface area contributed by atoms with E-state index in [9.17, 15) is 10.2 Å². The van der Waals surface area contributed by atoms with Crippen LogP contribution in [0.4, 0.5) is 0 Å². The molecule has 1 aromatic rings. The fraction of sp³-hybridized carbons (Fsp3) is 0.571. The quantitative estimate of drug-likeness (QED) is 0.639. The minimum absolute atomic E-state index is 0.309. The third-order valence-electron chi connectivity index (χ3n) is 2.84. The number of hydrogen-bond acceptors (Lipinski definition) is 3. The largest absolute Gasteiger partial charge is 0.392 e. The molecule has 1 unspecified atom stereocenters. The van der Waals surface area contributed by atoms with Crippen LogP contribution in [0, 0.1) is 0 Å². The lowest BCUT2D eigenvalue weighted by Gasteiger charge is -2.13. The Morgan fingerprint density at radius 2 is 1.71 bits per heavy atom. The molecule has 0 bridgehead atoms. The summed E-state index contributed by atoms with van der Waals surface area (Å²) in [5, 5.41) is 22.2. The lowest BCUT2D eigenvalue weighted by molar-refractivity contribution is 0.138. The van der Waals surface area contributed by atoms with E-state index in [1.165, 1.54) is 5.56 Å². The summed E-state index contributed by atoms with van der Waals surface area (Å²) in [7, 11) is 0. The highest BCUT2D eigenvalue weighted by Gasteiger charge is 2.05. The van der Waals surface area contributed by atoms with Crippen molar-refractivity contribution >= 4 is 0 Å². The standard InChI is InChI=1S/C14H23NO2/c1-2-13(16)10-15-11-14(17)9-8-12-6-4-3-5-7-12/h3-7,13-17H,2,8-11H2,1H3/t13?,14-/m1/s1. The van der Waals surface area contributed by atoms with Gasteiger partial charge in [-0.1, -0.05) is 37.3 Å². The van der Waals surface area contributed by atoms with E-state index in [0.29, 0.717) is 13.1 Å².